The molecule has 0 N–H and O–H groups in total. The molecule has 3 aromatic rings. The minimum Gasteiger partial charge on any atom is -0.273 e. The maximum absolute atomic E-state index is 12.7. The lowest BCUT2D eigenvalue weighted by Gasteiger charge is -2.12. The van der Waals surface area contributed by atoms with Crippen LogP contribution in [0.3, 0.4) is 0 Å². The lowest BCUT2D eigenvalue weighted by atomic mass is 10.0. The third kappa shape index (κ3) is 3.89. The first-order valence-corrected chi connectivity index (χ1v) is 8.30. The van der Waals surface area contributed by atoms with E-state index in [1.54, 1.807) is 23.2 Å². The molecule has 0 aliphatic carbocycles. The number of alkyl halides is 3. The van der Waals surface area contributed by atoms with Crippen LogP contribution in [-0.4, -0.2) is 19.5 Å². The number of halogens is 4. The SMILES string of the molecule is CC(C)c1cc(-c2ccc(C(F)(F)F)cc2)nc(-n2cnc(Br)c2)n1. The van der Waals surface area contributed by atoms with Gasteiger partial charge in [-0.2, -0.15) is 13.2 Å². The monoisotopic (exact) mass is 410 g/mol. The fraction of sp³-hybridized carbons (Fsp3) is 0.235. The highest BCUT2D eigenvalue weighted by atomic mass is 79.9. The molecule has 8 heteroatoms. The molecule has 3 rings (SSSR count). The molecule has 0 atom stereocenters. The van der Waals surface area contributed by atoms with Gasteiger partial charge in [-0.1, -0.05) is 26.0 Å². The summed E-state index contributed by atoms with van der Waals surface area (Å²) in [5, 5.41) is 0. The second-order valence-corrected chi connectivity index (χ2v) is 6.62. The molecule has 2 aromatic heterocycles. The number of rotatable bonds is 3. The highest BCUT2D eigenvalue weighted by Gasteiger charge is 2.30. The summed E-state index contributed by atoms with van der Waals surface area (Å²) in [7, 11) is 0. The molecule has 0 amide bonds. The molecule has 0 aliphatic heterocycles. The summed E-state index contributed by atoms with van der Waals surface area (Å²) in [6, 6.07) is 6.74. The molecule has 4 nitrogen and oxygen atoms in total. The summed E-state index contributed by atoms with van der Waals surface area (Å²) in [4.78, 5) is 13.1. The van der Waals surface area contributed by atoms with E-state index >= 15 is 0 Å². The van der Waals surface area contributed by atoms with Gasteiger partial charge in [-0.3, -0.25) is 4.57 Å². The Kier molecular flexibility index (Phi) is 4.64. The molecule has 0 saturated carbocycles. The molecule has 2 heterocycles. The van der Waals surface area contributed by atoms with E-state index in [1.165, 1.54) is 12.1 Å². The lowest BCUT2D eigenvalue weighted by Crippen LogP contribution is -2.06. The average Bonchev–Trinajstić information content (AvgIpc) is 3.00. The molecule has 0 spiro atoms. The first-order chi connectivity index (χ1) is 11.7. The van der Waals surface area contributed by atoms with Gasteiger partial charge in [0, 0.05) is 17.5 Å². The Bertz CT molecular complexity index is 886. The zero-order valence-corrected chi connectivity index (χ0v) is 15.0. The van der Waals surface area contributed by atoms with Crippen molar-refractivity contribution >= 4 is 15.9 Å². The predicted octanol–water partition coefficient (Wildman–Crippen LogP) is 5.23. The fourth-order valence-electron chi connectivity index (χ4n) is 2.25. The molecule has 0 saturated heterocycles. The van der Waals surface area contributed by atoms with E-state index in [0.29, 0.717) is 21.8 Å². The Morgan fingerprint density at radius 3 is 2.28 bits per heavy atom. The van der Waals surface area contributed by atoms with Crippen LogP contribution in [0.4, 0.5) is 13.2 Å². The van der Waals surface area contributed by atoms with Gasteiger partial charge in [0.05, 0.1) is 11.3 Å². The summed E-state index contributed by atoms with van der Waals surface area (Å²) in [6.07, 6.45) is -1.07. The van der Waals surface area contributed by atoms with Crippen LogP contribution >= 0.6 is 15.9 Å². The van der Waals surface area contributed by atoms with E-state index in [9.17, 15) is 13.2 Å². The summed E-state index contributed by atoms with van der Waals surface area (Å²) in [5.41, 5.74) is 1.27. The second kappa shape index (κ2) is 6.59. The van der Waals surface area contributed by atoms with Crippen molar-refractivity contribution in [2.45, 2.75) is 25.9 Å². The van der Waals surface area contributed by atoms with Crippen LogP contribution in [0.5, 0.6) is 0 Å². The van der Waals surface area contributed by atoms with Crippen molar-refractivity contribution in [3.63, 3.8) is 0 Å². The Hall–Kier alpha value is -2.22. The number of imidazole rings is 1. The first kappa shape index (κ1) is 17.6. The highest BCUT2D eigenvalue weighted by Crippen LogP contribution is 2.31. The summed E-state index contributed by atoms with van der Waals surface area (Å²) in [5.74, 6) is 0.557. The van der Waals surface area contributed by atoms with Gasteiger partial charge in [0.25, 0.3) is 0 Å². The van der Waals surface area contributed by atoms with Crippen LogP contribution in [-0.2, 0) is 6.18 Å². The van der Waals surface area contributed by atoms with Crippen LogP contribution in [0.1, 0.15) is 31.0 Å². The minimum atomic E-state index is -4.36. The lowest BCUT2D eigenvalue weighted by molar-refractivity contribution is -0.137. The van der Waals surface area contributed by atoms with E-state index < -0.39 is 11.7 Å². The normalized spacial score (nSPS) is 12.0. The molecule has 0 bridgehead atoms. The predicted molar refractivity (Wildman–Crippen MR) is 91.4 cm³/mol. The first-order valence-electron chi connectivity index (χ1n) is 7.50. The fourth-order valence-corrected chi connectivity index (χ4v) is 2.56. The van der Waals surface area contributed by atoms with Gasteiger partial charge in [-0.15, -0.1) is 0 Å². The van der Waals surface area contributed by atoms with E-state index in [4.69, 9.17) is 0 Å². The number of aromatic nitrogens is 4. The van der Waals surface area contributed by atoms with Crippen LogP contribution in [0.15, 0.2) is 47.5 Å². The van der Waals surface area contributed by atoms with Gasteiger partial charge in [0.2, 0.25) is 5.95 Å². The zero-order valence-electron chi connectivity index (χ0n) is 13.4. The van der Waals surface area contributed by atoms with E-state index in [0.717, 1.165) is 17.8 Å². The second-order valence-electron chi connectivity index (χ2n) is 5.81. The zero-order chi connectivity index (χ0) is 18.2. The quantitative estimate of drug-likeness (QED) is 0.593. The molecule has 1 aromatic carbocycles. The molecule has 130 valence electrons. The number of benzene rings is 1. The molecule has 0 aliphatic rings. The third-order valence-corrected chi connectivity index (χ3v) is 4.03. The Morgan fingerprint density at radius 2 is 1.76 bits per heavy atom. The van der Waals surface area contributed by atoms with Crippen LogP contribution < -0.4 is 0 Å². The Balaban J connectivity index is 2.07. The van der Waals surface area contributed by atoms with Gasteiger partial charge in [-0.05, 0) is 40.0 Å². The van der Waals surface area contributed by atoms with Gasteiger partial charge >= 0.3 is 6.18 Å². The van der Waals surface area contributed by atoms with Gasteiger partial charge < -0.3 is 0 Å². The van der Waals surface area contributed by atoms with Crippen molar-refractivity contribution in [1.29, 1.82) is 0 Å². The van der Waals surface area contributed by atoms with Crippen molar-refractivity contribution in [3.8, 4) is 17.2 Å². The Labute approximate surface area is 150 Å². The minimum absolute atomic E-state index is 0.141. The number of hydrogen-bond acceptors (Lipinski definition) is 3. The van der Waals surface area contributed by atoms with Gasteiger partial charge in [-0.25, -0.2) is 15.0 Å². The molecule has 0 unspecified atom stereocenters. The van der Waals surface area contributed by atoms with E-state index in [-0.39, 0.29) is 5.92 Å². The maximum Gasteiger partial charge on any atom is 0.416 e. The van der Waals surface area contributed by atoms with E-state index in [2.05, 4.69) is 30.9 Å². The maximum atomic E-state index is 12.7. The topological polar surface area (TPSA) is 43.6 Å². The van der Waals surface area contributed by atoms with Crippen molar-refractivity contribution in [1.82, 2.24) is 19.5 Å². The molecular formula is C17H14BrF3N4. The van der Waals surface area contributed by atoms with Crippen LogP contribution in [0.25, 0.3) is 17.2 Å². The third-order valence-electron chi connectivity index (χ3n) is 3.62. The molecule has 0 radical (unpaired) electrons. The summed E-state index contributed by atoms with van der Waals surface area (Å²) >= 11 is 3.27. The smallest absolute Gasteiger partial charge is 0.273 e. The van der Waals surface area contributed by atoms with Gasteiger partial charge in [0.15, 0.2) is 0 Å². The Morgan fingerprint density at radius 1 is 1.08 bits per heavy atom. The van der Waals surface area contributed by atoms with Crippen molar-refractivity contribution in [2.75, 3.05) is 0 Å². The number of nitrogens with zero attached hydrogens (tertiary/aromatic N) is 4. The van der Waals surface area contributed by atoms with Crippen LogP contribution in [0, 0.1) is 0 Å². The molecule has 25 heavy (non-hydrogen) atoms. The average molecular weight is 411 g/mol. The van der Waals surface area contributed by atoms with Crippen molar-refractivity contribution in [3.05, 3.63) is 58.7 Å². The standard InChI is InChI=1S/C17H14BrF3N4/c1-10(2)13-7-14(11-3-5-12(6-4-11)17(19,20)21)24-16(23-13)25-8-15(18)22-9-25/h3-10H,1-2H3. The van der Waals surface area contributed by atoms with Gasteiger partial charge in [0.1, 0.15) is 10.9 Å². The largest absolute Gasteiger partial charge is 0.416 e. The summed E-state index contributed by atoms with van der Waals surface area (Å²) < 4.78 is 40.5. The molecular weight excluding hydrogens is 397 g/mol. The van der Waals surface area contributed by atoms with Crippen molar-refractivity contribution in [2.24, 2.45) is 0 Å². The highest BCUT2D eigenvalue weighted by molar-refractivity contribution is 9.10. The van der Waals surface area contributed by atoms with Crippen molar-refractivity contribution < 1.29 is 13.2 Å². The van der Waals surface area contributed by atoms with Crippen LogP contribution in [0.2, 0.25) is 0 Å². The molecule has 0 fully saturated rings. The van der Waals surface area contributed by atoms with E-state index in [1.807, 2.05) is 13.8 Å². The number of hydrogen-bond donors (Lipinski definition) is 0. The summed E-state index contributed by atoms with van der Waals surface area (Å²) in [6.45, 7) is 3.99.